The second kappa shape index (κ2) is 9.36. The predicted octanol–water partition coefficient (Wildman–Crippen LogP) is 2.73. The molecule has 1 aromatic heterocycles. The Labute approximate surface area is 196 Å². The minimum absolute atomic E-state index is 0.211. The van der Waals surface area contributed by atoms with Crippen LogP contribution in [0.1, 0.15) is 33.6 Å². The average Bonchev–Trinajstić information content (AvgIpc) is 3.00. The van der Waals surface area contributed by atoms with Crippen LogP contribution in [-0.2, 0) is 18.7 Å². The number of hydrogen-bond donors (Lipinski definition) is 2. The summed E-state index contributed by atoms with van der Waals surface area (Å²) in [6, 6.07) is 2.08. The van der Waals surface area contributed by atoms with E-state index in [0.717, 1.165) is 52.4 Å². The molecule has 0 atom stereocenters. The van der Waals surface area contributed by atoms with Crippen LogP contribution in [0.25, 0.3) is 11.3 Å². The van der Waals surface area contributed by atoms with Gasteiger partial charge in [0, 0.05) is 35.2 Å². The summed E-state index contributed by atoms with van der Waals surface area (Å²) < 4.78 is 9.94. The van der Waals surface area contributed by atoms with Crippen LogP contribution in [0.4, 0.5) is 4.79 Å². The summed E-state index contributed by atoms with van der Waals surface area (Å²) in [5, 5.41) is 21.2. The summed E-state index contributed by atoms with van der Waals surface area (Å²) in [7, 11) is 5.72. The van der Waals surface area contributed by atoms with Gasteiger partial charge in [0.15, 0.2) is 5.84 Å². The number of carboxylic acid groups (broad SMARTS) is 1. The molecule has 0 unspecified atom stereocenters. The fraction of sp³-hybridized carbons (Fsp3) is 0.409. The molecular weight excluding hydrogens is 442 g/mol. The molecule has 2 N–H and O–H groups in total. The number of carbonyl (C=O) groups is 1. The zero-order valence-corrected chi connectivity index (χ0v) is 20.2. The van der Waals surface area contributed by atoms with Crippen molar-refractivity contribution in [2.24, 2.45) is 4.40 Å². The van der Waals surface area contributed by atoms with Gasteiger partial charge in [-0.25, -0.2) is 4.79 Å². The molecule has 0 saturated heterocycles. The molecular formula is C22H27N7O3S. The Hall–Kier alpha value is -3.18. The van der Waals surface area contributed by atoms with E-state index in [1.807, 2.05) is 27.9 Å². The van der Waals surface area contributed by atoms with Gasteiger partial charge in [-0.2, -0.15) is 19.4 Å². The minimum atomic E-state index is -1.18. The maximum Gasteiger partial charge on any atom is 0.410 e. The second-order valence-electron chi connectivity index (χ2n) is 8.23. The van der Waals surface area contributed by atoms with Crippen LogP contribution in [0.2, 0.25) is 0 Å². The van der Waals surface area contributed by atoms with Gasteiger partial charge >= 0.3 is 6.09 Å². The molecule has 0 radical (unpaired) electrons. The fourth-order valence-electron chi connectivity index (χ4n) is 4.02. The van der Waals surface area contributed by atoms with Crippen LogP contribution in [0, 0.1) is 13.8 Å². The number of nitrogens with zero attached hydrogens (tertiary/aromatic N) is 6. The summed E-state index contributed by atoms with van der Waals surface area (Å²) in [5.41, 5.74) is 7.04. The van der Waals surface area contributed by atoms with Gasteiger partial charge in [0.25, 0.3) is 0 Å². The van der Waals surface area contributed by atoms with Crippen LogP contribution in [0.3, 0.4) is 0 Å². The van der Waals surface area contributed by atoms with E-state index in [4.69, 9.17) is 14.9 Å². The summed E-state index contributed by atoms with van der Waals surface area (Å²) in [6.07, 6.45) is 1.44. The summed E-state index contributed by atoms with van der Waals surface area (Å²) >= 11 is 1.31. The molecule has 0 spiro atoms. The molecule has 0 aromatic carbocycles. The van der Waals surface area contributed by atoms with Crippen molar-refractivity contribution in [1.29, 1.82) is 0 Å². The Kier molecular flexibility index (Phi) is 6.52. The van der Waals surface area contributed by atoms with Gasteiger partial charge in [0.1, 0.15) is 18.0 Å². The molecule has 0 fully saturated rings. The van der Waals surface area contributed by atoms with Gasteiger partial charge < -0.3 is 14.7 Å². The van der Waals surface area contributed by atoms with Crippen molar-refractivity contribution in [1.82, 2.24) is 30.2 Å². The fourth-order valence-corrected chi connectivity index (χ4v) is 4.80. The molecule has 1 amide bonds. The first-order chi connectivity index (χ1) is 15.8. The van der Waals surface area contributed by atoms with Crippen LogP contribution in [0.5, 0.6) is 5.75 Å². The maximum absolute atomic E-state index is 11.4. The molecule has 2 aliphatic heterocycles. The highest BCUT2D eigenvalue weighted by Crippen LogP contribution is 2.38. The highest BCUT2D eigenvalue weighted by molar-refractivity contribution is 7.97. The Balaban J connectivity index is 1.83. The number of pyridine rings is 1. The normalized spacial score (nSPS) is 13.2. The molecule has 3 aliphatic rings. The highest BCUT2D eigenvalue weighted by Gasteiger charge is 2.29. The molecule has 1 aliphatic carbocycles. The molecule has 0 bridgehead atoms. The maximum atomic E-state index is 11.4. The highest BCUT2D eigenvalue weighted by atomic mass is 32.2. The van der Waals surface area contributed by atoms with Crippen LogP contribution < -0.4 is 10.1 Å². The van der Waals surface area contributed by atoms with Crippen molar-refractivity contribution in [3.8, 4) is 17.0 Å². The van der Waals surface area contributed by atoms with Crippen molar-refractivity contribution in [2.45, 2.75) is 32.6 Å². The Bertz CT molecular complexity index is 1210. The monoisotopic (exact) mass is 469 g/mol. The van der Waals surface area contributed by atoms with Crippen molar-refractivity contribution in [3.63, 3.8) is 0 Å². The Morgan fingerprint density at radius 3 is 2.82 bits per heavy atom. The SMILES string of the molecule is COc1c(C)cnc(Cn2nc3cc(CCN(C)C)c4c-3c(n2)C(NC(=O)O)=NSC4)c1C. The molecule has 11 heteroatoms. The number of hydrogen-bond acceptors (Lipinski definition) is 8. The smallest absolute Gasteiger partial charge is 0.410 e. The summed E-state index contributed by atoms with van der Waals surface area (Å²) in [5.74, 6) is 1.63. The molecule has 174 valence electrons. The van der Waals surface area contributed by atoms with Crippen LogP contribution >= 0.6 is 11.9 Å². The van der Waals surface area contributed by atoms with E-state index in [9.17, 15) is 9.90 Å². The van der Waals surface area contributed by atoms with E-state index in [2.05, 4.69) is 25.7 Å². The lowest BCUT2D eigenvalue weighted by Gasteiger charge is -2.15. The topological polar surface area (TPSA) is 118 Å². The third-order valence-electron chi connectivity index (χ3n) is 5.62. The minimum Gasteiger partial charge on any atom is -0.496 e. The third kappa shape index (κ3) is 4.64. The number of methoxy groups -OCH3 is 1. The number of ether oxygens (including phenoxy) is 1. The quantitative estimate of drug-likeness (QED) is 0.529. The summed E-state index contributed by atoms with van der Waals surface area (Å²) in [6.45, 7) is 5.11. The van der Waals surface area contributed by atoms with Crippen molar-refractivity contribution in [2.75, 3.05) is 27.7 Å². The second-order valence-corrected chi connectivity index (χ2v) is 8.96. The number of nitrogens with one attached hydrogen (secondary N) is 1. The van der Waals surface area contributed by atoms with Gasteiger partial charge in [-0.15, -0.1) is 0 Å². The average molecular weight is 470 g/mol. The first-order valence-corrected chi connectivity index (χ1v) is 11.5. The van der Waals surface area contributed by atoms with Gasteiger partial charge in [-0.05, 0) is 63.5 Å². The van der Waals surface area contributed by atoms with E-state index in [1.165, 1.54) is 17.5 Å². The van der Waals surface area contributed by atoms with Gasteiger partial charge in [-0.3, -0.25) is 10.3 Å². The van der Waals surface area contributed by atoms with Crippen molar-refractivity contribution < 1.29 is 14.6 Å². The number of amidine groups is 1. The molecule has 1 aromatic rings. The Morgan fingerprint density at radius 2 is 2.12 bits per heavy atom. The van der Waals surface area contributed by atoms with E-state index >= 15 is 0 Å². The Morgan fingerprint density at radius 1 is 1.33 bits per heavy atom. The lowest BCUT2D eigenvalue weighted by Crippen LogP contribution is -2.32. The summed E-state index contributed by atoms with van der Waals surface area (Å²) in [4.78, 5) is 19.7. The first kappa shape index (κ1) is 23.0. The van der Waals surface area contributed by atoms with Gasteiger partial charge in [0.05, 0.1) is 18.5 Å². The standard InChI is InChI=1S/C22H27N7O3S/c1-12-9-23-17(13(2)20(12)32-5)10-29-25-16-8-14(6-7-28(3)4)15-11-33-27-21(24-22(30)31)19(26-29)18(15)16/h8-9H,6-7,10-11H2,1-5H3,(H,24,27)(H,30,31). The number of aryl methyl sites for hydroxylation is 1. The molecule has 10 nitrogen and oxygen atoms in total. The molecule has 0 saturated carbocycles. The zero-order valence-electron chi connectivity index (χ0n) is 19.3. The van der Waals surface area contributed by atoms with E-state index in [1.54, 1.807) is 18.1 Å². The van der Waals surface area contributed by atoms with Crippen molar-refractivity contribution >= 4 is 23.9 Å². The van der Waals surface area contributed by atoms with E-state index in [-0.39, 0.29) is 5.84 Å². The third-order valence-corrected chi connectivity index (χ3v) is 6.35. The zero-order chi connectivity index (χ0) is 23.7. The molecule has 3 heterocycles. The number of rotatable bonds is 6. The largest absolute Gasteiger partial charge is 0.496 e. The number of amides is 1. The van der Waals surface area contributed by atoms with Gasteiger partial charge in [0.2, 0.25) is 0 Å². The predicted molar refractivity (Wildman–Crippen MR) is 127 cm³/mol. The lowest BCUT2D eigenvalue weighted by atomic mass is 10.1. The van der Waals surface area contributed by atoms with E-state index < -0.39 is 6.09 Å². The van der Waals surface area contributed by atoms with Gasteiger partial charge in [-0.1, -0.05) is 0 Å². The lowest BCUT2D eigenvalue weighted by molar-refractivity contribution is 0.200. The first-order valence-electron chi connectivity index (χ1n) is 10.5. The molecule has 33 heavy (non-hydrogen) atoms. The molecule has 4 rings (SSSR count). The van der Waals surface area contributed by atoms with Crippen LogP contribution in [0.15, 0.2) is 16.7 Å². The van der Waals surface area contributed by atoms with E-state index in [0.29, 0.717) is 18.0 Å². The number of likely N-dealkylation sites (N-methyl/N-ethyl adjacent to an activating group) is 1. The van der Waals surface area contributed by atoms with Crippen LogP contribution in [-0.4, -0.2) is 69.7 Å². The number of aromatic nitrogens is 4. The van der Waals surface area contributed by atoms with Crippen molar-refractivity contribution in [3.05, 3.63) is 45.9 Å².